The van der Waals surface area contributed by atoms with Crippen molar-refractivity contribution in [1.29, 1.82) is 0 Å². The number of ether oxygens (including phenoxy) is 5. The first kappa shape index (κ1) is 32.2. The quantitative estimate of drug-likeness (QED) is 0.146. The lowest BCUT2D eigenvalue weighted by atomic mass is 9.90. The van der Waals surface area contributed by atoms with Crippen LogP contribution in [0.15, 0.2) is 24.3 Å². The summed E-state index contributed by atoms with van der Waals surface area (Å²) in [5.41, 5.74) is -0.281. The maximum Gasteiger partial charge on any atom is 0.200 e. The lowest BCUT2D eigenvalue weighted by Gasteiger charge is -2.47. The Morgan fingerprint density at radius 1 is 0.682 bits per heavy atom. The lowest BCUT2D eigenvalue weighted by molar-refractivity contribution is -0.363. The third-order valence-electron chi connectivity index (χ3n) is 7.89. The Bertz CT molecular complexity index is 1310. The molecule has 3 aliphatic rings. The predicted octanol–water partition coefficient (Wildman–Crippen LogP) is -2.58. The number of aliphatic hydroxyl groups is 7. The molecule has 3 aliphatic heterocycles. The van der Waals surface area contributed by atoms with Gasteiger partial charge in [-0.1, -0.05) is 0 Å². The van der Waals surface area contributed by atoms with Crippen LogP contribution in [0, 0.1) is 0 Å². The predicted molar refractivity (Wildman–Crippen MR) is 139 cm³/mol. The summed E-state index contributed by atoms with van der Waals surface area (Å²) in [4.78, 5) is 0. The molecule has 13 atom stereocenters. The van der Waals surface area contributed by atoms with E-state index in [4.69, 9.17) is 23.7 Å². The molecule has 2 saturated heterocycles. The van der Waals surface area contributed by atoms with Crippen molar-refractivity contribution in [1.82, 2.24) is 0 Å². The largest absolute Gasteiger partial charge is 0.508 e. The van der Waals surface area contributed by atoms with E-state index in [1.165, 1.54) is 6.92 Å². The molecule has 0 amide bonds. The van der Waals surface area contributed by atoms with Gasteiger partial charge in [0.05, 0.1) is 18.3 Å². The van der Waals surface area contributed by atoms with Crippen LogP contribution in [0.4, 0.5) is 0 Å². The van der Waals surface area contributed by atoms with Crippen molar-refractivity contribution < 1.29 is 85.0 Å². The molecule has 244 valence electrons. The van der Waals surface area contributed by atoms with Crippen molar-refractivity contribution in [3.05, 3.63) is 35.4 Å². The first-order valence-electron chi connectivity index (χ1n) is 13.5. The van der Waals surface area contributed by atoms with E-state index in [-0.39, 0.29) is 16.9 Å². The number of hydrogen-bond acceptors (Lipinski definition) is 17. The lowest BCUT2D eigenvalue weighted by Crippen LogP contribution is -2.64. The molecular weight excluding hydrogens is 596 g/mol. The highest BCUT2D eigenvalue weighted by Gasteiger charge is 2.52. The number of benzene rings is 2. The van der Waals surface area contributed by atoms with Gasteiger partial charge in [0, 0.05) is 17.7 Å². The van der Waals surface area contributed by atoms with Gasteiger partial charge < -0.3 is 85.0 Å². The summed E-state index contributed by atoms with van der Waals surface area (Å²) in [7, 11) is 0. The van der Waals surface area contributed by atoms with Crippen LogP contribution in [0.25, 0.3) is 0 Å². The van der Waals surface area contributed by atoms with Gasteiger partial charge in [0.25, 0.3) is 0 Å². The molecule has 17 heteroatoms. The Kier molecular flexibility index (Phi) is 9.00. The molecule has 12 N–H and O–H groups in total. The van der Waals surface area contributed by atoms with E-state index < -0.39 is 115 Å². The number of phenols is 5. The van der Waals surface area contributed by atoms with E-state index in [0.29, 0.717) is 0 Å². The Morgan fingerprint density at radius 3 is 1.91 bits per heavy atom. The topological polar surface area (TPSA) is 289 Å². The molecule has 0 aliphatic carbocycles. The molecule has 2 fully saturated rings. The summed E-state index contributed by atoms with van der Waals surface area (Å²) in [6.45, 7) is 0.663. The van der Waals surface area contributed by atoms with Gasteiger partial charge in [-0.2, -0.15) is 0 Å². The molecular formula is C27H34O17. The molecule has 0 spiro atoms. The molecule has 3 heterocycles. The summed E-state index contributed by atoms with van der Waals surface area (Å²) in [5, 5.41) is 123. The number of aliphatic hydroxyl groups excluding tert-OH is 7. The Morgan fingerprint density at radius 2 is 1.27 bits per heavy atom. The summed E-state index contributed by atoms with van der Waals surface area (Å²) < 4.78 is 28.4. The normalized spacial score (nSPS) is 39.0. The van der Waals surface area contributed by atoms with E-state index in [2.05, 4.69) is 0 Å². The number of rotatable bonds is 6. The third kappa shape index (κ3) is 5.68. The SMILES string of the molecule is CC1OC(OC2C(O)c3c(O)cc(O)cc3OC2c2cc(O)c(O)c(O)c2)C(O)C(O)C1OC1OC(CO)C(O)C(O)C1O. The molecule has 0 bridgehead atoms. The molecule has 13 unspecified atom stereocenters. The van der Waals surface area contributed by atoms with Crippen molar-refractivity contribution in [3.8, 4) is 34.5 Å². The van der Waals surface area contributed by atoms with Crippen molar-refractivity contribution in [2.75, 3.05) is 6.61 Å². The number of hydrogen-bond donors (Lipinski definition) is 12. The summed E-state index contributed by atoms with van der Waals surface area (Å²) in [6.07, 6.45) is -21.0. The van der Waals surface area contributed by atoms with E-state index >= 15 is 0 Å². The van der Waals surface area contributed by atoms with E-state index in [1.807, 2.05) is 0 Å². The second-order valence-corrected chi connectivity index (χ2v) is 10.9. The molecule has 5 rings (SSSR count). The van der Waals surface area contributed by atoms with Crippen LogP contribution in [-0.4, -0.2) is 135 Å². The molecule has 17 nitrogen and oxygen atoms in total. The van der Waals surface area contributed by atoms with Crippen LogP contribution < -0.4 is 4.74 Å². The molecule has 2 aromatic carbocycles. The average Bonchev–Trinajstić information content (AvgIpc) is 2.97. The van der Waals surface area contributed by atoms with Gasteiger partial charge in [-0.15, -0.1) is 0 Å². The minimum atomic E-state index is -1.91. The average molecular weight is 631 g/mol. The van der Waals surface area contributed by atoms with Gasteiger partial charge in [-0.25, -0.2) is 0 Å². The van der Waals surface area contributed by atoms with Crippen molar-refractivity contribution >= 4 is 0 Å². The highest BCUT2D eigenvalue weighted by Crippen LogP contribution is 2.50. The minimum Gasteiger partial charge on any atom is -0.508 e. The summed E-state index contributed by atoms with van der Waals surface area (Å²) in [6, 6.07) is 4.01. The standard InChI is InChI=1S/C27H34O17/c1-7-23(43-27-21(38)19(36)17(34)14(6-28)42-27)20(37)22(39)26(40-7)44-25-18(35)15-10(30)4-9(29)5-13(15)41-24(25)8-2-11(31)16(33)12(32)3-8/h2-5,7,14,17-39H,6H2,1H3. The zero-order valence-corrected chi connectivity index (χ0v) is 22.9. The van der Waals surface area contributed by atoms with Crippen LogP contribution in [0.5, 0.6) is 34.5 Å². The summed E-state index contributed by atoms with van der Waals surface area (Å²) >= 11 is 0. The number of aromatic hydroxyl groups is 5. The fourth-order valence-electron chi connectivity index (χ4n) is 5.52. The van der Waals surface area contributed by atoms with Gasteiger partial charge >= 0.3 is 0 Å². The van der Waals surface area contributed by atoms with Crippen LogP contribution in [0.2, 0.25) is 0 Å². The van der Waals surface area contributed by atoms with Crippen LogP contribution in [0.1, 0.15) is 30.3 Å². The minimum absolute atomic E-state index is 0.0574. The smallest absolute Gasteiger partial charge is 0.200 e. The van der Waals surface area contributed by atoms with Crippen molar-refractivity contribution in [2.45, 2.75) is 86.6 Å². The van der Waals surface area contributed by atoms with Crippen LogP contribution in [-0.2, 0) is 18.9 Å². The van der Waals surface area contributed by atoms with Gasteiger partial charge in [-0.3, -0.25) is 0 Å². The molecule has 2 aromatic rings. The fraction of sp³-hybridized carbons (Fsp3) is 0.556. The van der Waals surface area contributed by atoms with E-state index in [9.17, 15) is 61.3 Å². The van der Waals surface area contributed by atoms with Gasteiger partial charge in [0.15, 0.2) is 35.9 Å². The zero-order valence-electron chi connectivity index (χ0n) is 22.9. The zero-order chi connectivity index (χ0) is 32.2. The highest BCUT2D eigenvalue weighted by atomic mass is 16.7. The number of fused-ring (bicyclic) bond motifs is 1. The van der Waals surface area contributed by atoms with Crippen LogP contribution >= 0.6 is 0 Å². The van der Waals surface area contributed by atoms with E-state index in [0.717, 1.165) is 24.3 Å². The Labute approximate surface area is 248 Å². The maximum atomic E-state index is 11.3. The second kappa shape index (κ2) is 12.3. The van der Waals surface area contributed by atoms with Gasteiger partial charge in [-0.05, 0) is 19.1 Å². The third-order valence-corrected chi connectivity index (χ3v) is 7.89. The van der Waals surface area contributed by atoms with Crippen LogP contribution in [0.3, 0.4) is 0 Å². The maximum absolute atomic E-state index is 11.3. The molecule has 0 aromatic heterocycles. The number of phenolic OH excluding ortho intramolecular Hbond substituents is 5. The fourth-order valence-corrected chi connectivity index (χ4v) is 5.52. The monoisotopic (exact) mass is 630 g/mol. The first-order chi connectivity index (χ1) is 20.7. The van der Waals surface area contributed by atoms with Crippen molar-refractivity contribution in [2.24, 2.45) is 0 Å². The Balaban J connectivity index is 1.41. The molecule has 0 radical (unpaired) electrons. The Hall–Kier alpha value is -3.20. The highest BCUT2D eigenvalue weighted by molar-refractivity contribution is 5.55. The first-order valence-corrected chi connectivity index (χ1v) is 13.5. The molecule has 0 saturated carbocycles. The van der Waals surface area contributed by atoms with Gasteiger partial charge in [0.1, 0.15) is 72.2 Å². The van der Waals surface area contributed by atoms with Gasteiger partial charge in [0.2, 0.25) is 0 Å². The molecule has 44 heavy (non-hydrogen) atoms. The summed E-state index contributed by atoms with van der Waals surface area (Å²) in [5.74, 6) is -3.55. The van der Waals surface area contributed by atoms with Crippen molar-refractivity contribution in [3.63, 3.8) is 0 Å². The second-order valence-electron chi connectivity index (χ2n) is 10.9. The van der Waals surface area contributed by atoms with E-state index in [1.54, 1.807) is 0 Å².